The number of benzene rings is 1. The monoisotopic (exact) mass is 444 g/mol. The highest BCUT2D eigenvalue weighted by Crippen LogP contribution is 2.51. The quantitative estimate of drug-likeness (QED) is 0.543. The zero-order valence-electron chi connectivity index (χ0n) is 18.4. The van der Waals surface area contributed by atoms with Crippen LogP contribution in [0.5, 0.6) is 0 Å². The van der Waals surface area contributed by atoms with Crippen LogP contribution in [-0.2, 0) is 12.6 Å². The Morgan fingerprint density at radius 2 is 1.84 bits per heavy atom. The first-order chi connectivity index (χ1) is 15.2. The van der Waals surface area contributed by atoms with Gasteiger partial charge in [0, 0.05) is 19.2 Å². The van der Waals surface area contributed by atoms with Gasteiger partial charge in [-0.05, 0) is 72.2 Å². The molecule has 4 rings (SSSR count). The van der Waals surface area contributed by atoms with Crippen molar-refractivity contribution in [3.8, 4) is 5.69 Å². The molecule has 2 heterocycles. The van der Waals surface area contributed by atoms with Crippen LogP contribution in [0.4, 0.5) is 13.2 Å². The van der Waals surface area contributed by atoms with Crippen molar-refractivity contribution in [2.24, 2.45) is 5.41 Å². The van der Waals surface area contributed by atoms with Gasteiger partial charge < -0.3 is 5.32 Å². The first kappa shape index (κ1) is 22.4. The van der Waals surface area contributed by atoms with Crippen LogP contribution < -0.4 is 5.32 Å². The van der Waals surface area contributed by atoms with Crippen molar-refractivity contribution in [3.05, 3.63) is 64.7 Å². The van der Waals surface area contributed by atoms with Crippen molar-refractivity contribution in [3.63, 3.8) is 0 Å². The second kappa shape index (κ2) is 8.61. The van der Waals surface area contributed by atoms with Crippen LogP contribution in [0.2, 0.25) is 0 Å². The average molecular weight is 445 g/mol. The Morgan fingerprint density at radius 1 is 1.12 bits per heavy atom. The fourth-order valence-corrected chi connectivity index (χ4v) is 4.14. The van der Waals surface area contributed by atoms with Crippen molar-refractivity contribution in [1.29, 1.82) is 0 Å². The maximum Gasteiger partial charge on any atom is 0.418 e. The predicted octanol–water partition coefficient (Wildman–Crippen LogP) is 4.76. The van der Waals surface area contributed by atoms with Crippen LogP contribution >= 0.6 is 0 Å². The van der Waals surface area contributed by atoms with Gasteiger partial charge in [-0.25, -0.2) is 0 Å². The maximum atomic E-state index is 13.3. The number of para-hydroxylation sites is 1. The highest BCUT2D eigenvalue weighted by atomic mass is 19.4. The smallest absolute Gasteiger partial charge is 0.307 e. The van der Waals surface area contributed by atoms with E-state index in [1.54, 1.807) is 4.68 Å². The molecule has 1 aliphatic rings. The first-order valence-electron chi connectivity index (χ1n) is 10.8. The van der Waals surface area contributed by atoms with Gasteiger partial charge in [0.15, 0.2) is 5.82 Å². The lowest BCUT2D eigenvalue weighted by atomic mass is 9.98. The van der Waals surface area contributed by atoms with Gasteiger partial charge in [-0.2, -0.15) is 17.9 Å². The molecule has 0 radical (unpaired) electrons. The normalized spacial score (nSPS) is 16.2. The summed E-state index contributed by atoms with van der Waals surface area (Å²) in [5.74, 6) is 0.674. The molecule has 0 saturated heterocycles. The first-order valence-corrected chi connectivity index (χ1v) is 10.8. The van der Waals surface area contributed by atoms with Crippen LogP contribution in [0.3, 0.4) is 0 Å². The molecule has 9 heteroatoms. The van der Waals surface area contributed by atoms with Crippen LogP contribution in [-0.4, -0.2) is 31.7 Å². The average Bonchev–Trinajstić information content (AvgIpc) is 3.26. The van der Waals surface area contributed by atoms with Crippen LogP contribution in [0.25, 0.3) is 5.69 Å². The minimum absolute atomic E-state index is 0.0400. The molecule has 170 valence electrons. The summed E-state index contributed by atoms with van der Waals surface area (Å²) < 4.78 is 41.7. The van der Waals surface area contributed by atoms with Crippen molar-refractivity contribution in [1.82, 2.24) is 30.5 Å². The Balaban J connectivity index is 1.58. The summed E-state index contributed by atoms with van der Waals surface area (Å²) in [5, 5.41) is 15.9. The molecule has 2 aromatic heterocycles. The standard InChI is InChI=1S/C23H27F3N6/c1-15-6-4-7-16(2)20(15)32-21(29-30-31-32)19(14-22(3)10-11-22)28-13-9-18-17(23(24,25)26)8-5-12-27-18/h4-8,12,19,28H,9-11,13-14H2,1-3H3. The van der Waals surface area contributed by atoms with E-state index in [4.69, 9.17) is 0 Å². The number of hydrogen-bond donors (Lipinski definition) is 1. The topological polar surface area (TPSA) is 68.5 Å². The Bertz CT molecular complexity index is 1070. The van der Waals surface area contributed by atoms with E-state index in [0.29, 0.717) is 12.4 Å². The summed E-state index contributed by atoms with van der Waals surface area (Å²) in [6.07, 6.45) is 0.190. The summed E-state index contributed by atoms with van der Waals surface area (Å²) in [5.41, 5.74) is 2.59. The van der Waals surface area contributed by atoms with Crippen LogP contribution in [0, 0.1) is 19.3 Å². The summed E-state index contributed by atoms with van der Waals surface area (Å²) in [6, 6.07) is 8.22. The van der Waals surface area contributed by atoms with E-state index in [1.807, 2.05) is 32.0 Å². The van der Waals surface area contributed by atoms with Crippen LogP contribution in [0.1, 0.15) is 60.4 Å². The largest absolute Gasteiger partial charge is 0.418 e. The van der Waals surface area contributed by atoms with E-state index >= 15 is 0 Å². The summed E-state index contributed by atoms with van der Waals surface area (Å²) in [6.45, 7) is 6.58. The van der Waals surface area contributed by atoms with Crippen molar-refractivity contribution in [2.75, 3.05) is 6.54 Å². The predicted molar refractivity (Wildman–Crippen MR) is 114 cm³/mol. The van der Waals surface area contributed by atoms with Crippen LogP contribution in [0.15, 0.2) is 36.5 Å². The van der Waals surface area contributed by atoms with Gasteiger partial charge in [-0.15, -0.1) is 5.10 Å². The second-order valence-electron chi connectivity index (χ2n) is 8.96. The number of nitrogens with one attached hydrogen (secondary N) is 1. The molecule has 6 nitrogen and oxygen atoms in total. The lowest BCUT2D eigenvalue weighted by Crippen LogP contribution is -2.29. The lowest BCUT2D eigenvalue weighted by Gasteiger charge is -2.22. The molecule has 0 amide bonds. The SMILES string of the molecule is Cc1cccc(C)c1-n1nnnc1C(CC1(C)CC1)NCCc1ncccc1C(F)(F)F. The number of halogens is 3. The van der Waals surface area contributed by atoms with Crippen molar-refractivity contribution in [2.45, 2.75) is 58.7 Å². The van der Waals surface area contributed by atoms with Gasteiger partial charge in [0.05, 0.1) is 23.0 Å². The number of nitrogens with zero attached hydrogens (tertiary/aromatic N) is 5. The second-order valence-corrected chi connectivity index (χ2v) is 8.96. The molecule has 0 spiro atoms. The van der Waals surface area contributed by atoms with E-state index in [-0.39, 0.29) is 23.6 Å². The molecule has 1 fully saturated rings. The molecular formula is C23H27F3N6. The number of hydrogen-bond acceptors (Lipinski definition) is 5. The highest BCUT2D eigenvalue weighted by Gasteiger charge is 2.41. The molecule has 0 bridgehead atoms. The van der Waals surface area contributed by atoms with Gasteiger partial charge in [0.25, 0.3) is 0 Å². The third-order valence-electron chi connectivity index (χ3n) is 6.21. The molecule has 1 N–H and O–H groups in total. The molecule has 0 aliphatic heterocycles. The number of tetrazole rings is 1. The number of aromatic nitrogens is 5. The number of alkyl halides is 3. The number of aryl methyl sites for hydroxylation is 2. The van der Waals surface area contributed by atoms with Crippen molar-refractivity contribution >= 4 is 0 Å². The Labute approximate surface area is 185 Å². The summed E-state index contributed by atoms with van der Waals surface area (Å²) >= 11 is 0. The molecule has 1 unspecified atom stereocenters. The Kier molecular flexibility index (Phi) is 6.03. The summed E-state index contributed by atoms with van der Waals surface area (Å²) in [7, 11) is 0. The molecule has 1 saturated carbocycles. The van der Waals surface area contributed by atoms with E-state index in [9.17, 15) is 13.2 Å². The minimum atomic E-state index is -4.42. The number of rotatable bonds is 8. The van der Waals surface area contributed by atoms with Gasteiger partial charge in [0.1, 0.15) is 0 Å². The van der Waals surface area contributed by atoms with Crippen molar-refractivity contribution < 1.29 is 13.2 Å². The van der Waals surface area contributed by atoms with Gasteiger partial charge in [0.2, 0.25) is 0 Å². The molecule has 1 atom stereocenters. The number of pyridine rings is 1. The van der Waals surface area contributed by atoms with Gasteiger partial charge >= 0.3 is 6.18 Å². The lowest BCUT2D eigenvalue weighted by molar-refractivity contribution is -0.138. The zero-order valence-corrected chi connectivity index (χ0v) is 18.4. The Morgan fingerprint density at radius 3 is 2.50 bits per heavy atom. The molecule has 1 aliphatic carbocycles. The van der Waals surface area contributed by atoms with E-state index < -0.39 is 11.7 Å². The third kappa shape index (κ3) is 4.82. The Hall–Kier alpha value is -2.81. The van der Waals surface area contributed by atoms with Gasteiger partial charge in [-0.3, -0.25) is 4.98 Å². The van der Waals surface area contributed by atoms with E-state index in [2.05, 4.69) is 32.7 Å². The summed E-state index contributed by atoms with van der Waals surface area (Å²) in [4.78, 5) is 3.97. The molecular weight excluding hydrogens is 417 g/mol. The molecule has 1 aromatic carbocycles. The molecule has 3 aromatic rings. The maximum absolute atomic E-state index is 13.3. The van der Waals surface area contributed by atoms with E-state index in [1.165, 1.54) is 12.3 Å². The molecule has 32 heavy (non-hydrogen) atoms. The highest BCUT2D eigenvalue weighted by molar-refractivity contribution is 5.46. The zero-order chi connectivity index (χ0) is 22.9. The fourth-order valence-electron chi connectivity index (χ4n) is 4.14. The van der Waals surface area contributed by atoms with Gasteiger partial charge in [-0.1, -0.05) is 25.1 Å². The minimum Gasteiger partial charge on any atom is -0.307 e. The van der Waals surface area contributed by atoms with E-state index in [0.717, 1.165) is 42.1 Å². The fraction of sp³-hybridized carbons (Fsp3) is 0.478. The third-order valence-corrected chi connectivity index (χ3v) is 6.21.